The maximum absolute atomic E-state index is 11.8. The number of esters is 1. The number of nitrogens with zero attached hydrogens (tertiary/aromatic N) is 1. The van der Waals surface area contributed by atoms with Crippen molar-refractivity contribution in [3.8, 4) is 0 Å². The summed E-state index contributed by atoms with van der Waals surface area (Å²) in [6.07, 6.45) is 1.90. The van der Waals surface area contributed by atoms with Gasteiger partial charge < -0.3 is 4.74 Å². The number of carbonyl (C=O) groups is 1. The van der Waals surface area contributed by atoms with E-state index in [4.69, 9.17) is 4.74 Å². The zero-order valence-electron chi connectivity index (χ0n) is 12.0. The quantitative estimate of drug-likeness (QED) is 0.693. The first kappa shape index (κ1) is 14.5. The van der Waals surface area contributed by atoms with Crippen LogP contribution in [-0.4, -0.2) is 36.6 Å². The Balaban J connectivity index is 2.23. The molecule has 1 aliphatic heterocycles. The maximum atomic E-state index is 11.8. The summed E-state index contributed by atoms with van der Waals surface area (Å²) in [5.41, 5.74) is 0.324. The molecule has 0 radical (unpaired) electrons. The molecule has 1 rings (SSSR count). The van der Waals surface area contributed by atoms with Gasteiger partial charge in [-0.1, -0.05) is 34.6 Å². The molecule has 0 unspecified atom stereocenters. The summed E-state index contributed by atoms with van der Waals surface area (Å²) < 4.78 is 5.49. The van der Waals surface area contributed by atoms with E-state index < -0.39 is 0 Å². The van der Waals surface area contributed by atoms with Gasteiger partial charge in [0.2, 0.25) is 0 Å². The third-order valence-corrected chi connectivity index (χ3v) is 3.22. The highest BCUT2D eigenvalue weighted by molar-refractivity contribution is 5.72. The Labute approximate surface area is 106 Å². The maximum Gasteiger partial charge on any atom is 0.309 e. The molecule has 100 valence electrons. The molecule has 0 spiro atoms. The van der Waals surface area contributed by atoms with E-state index in [0.717, 1.165) is 32.5 Å². The first-order valence-corrected chi connectivity index (χ1v) is 6.78. The van der Waals surface area contributed by atoms with Crippen LogP contribution in [0.5, 0.6) is 0 Å². The van der Waals surface area contributed by atoms with Crippen molar-refractivity contribution in [2.75, 3.05) is 19.6 Å². The van der Waals surface area contributed by atoms with Gasteiger partial charge in [0.1, 0.15) is 6.10 Å². The molecular formula is C14H27NO2. The topological polar surface area (TPSA) is 29.5 Å². The monoisotopic (exact) mass is 241 g/mol. The summed E-state index contributed by atoms with van der Waals surface area (Å²) in [6.45, 7) is 13.7. The lowest BCUT2D eigenvalue weighted by molar-refractivity contribution is -0.163. The number of likely N-dealkylation sites (tertiary alicyclic amines) is 1. The van der Waals surface area contributed by atoms with Crippen molar-refractivity contribution in [1.82, 2.24) is 4.90 Å². The van der Waals surface area contributed by atoms with Crippen LogP contribution < -0.4 is 0 Å². The molecule has 0 N–H and O–H groups in total. The van der Waals surface area contributed by atoms with Crippen LogP contribution in [0, 0.1) is 11.3 Å². The lowest BCUT2D eigenvalue weighted by Gasteiger charge is -2.42. The molecule has 1 aliphatic rings. The molecule has 1 fully saturated rings. The van der Waals surface area contributed by atoms with Gasteiger partial charge in [-0.2, -0.15) is 0 Å². The van der Waals surface area contributed by atoms with Crippen LogP contribution in [0.2, 0.25) is 0 Å². The van der Waals surface area contributed by atoms with Crippen molar-refractivity contribution in [1.29, 1.82) is 0 Å². The van der Waals surface area contributed by atoms with Gasteiger partial charge in [0, 0.05) is 19.6 Å². The molecule has 0 amide bonds. The van der Waals surface area contributed by atoms with Crippen LogP contribution in [0.4, 0.5) is 0 Å². The van der Waals surface area contributed by atoms with E-state index >= 15 is 0 Å². The second kappa shape index (κ2) is 5.85. The highest BCUT2D eigenvalue weighted by atomic mass is 16.5. The predicted octanol–water partition coefficient (Wildman–Crippen LogP) is 2.70. The number of rotatable bonds is 5. The minimum Gasteiger partial charge on any atom is -0.459 e. The standard InChI is InChI=1S/C14H27NO2/c1-6-11(7-2)13(16)17-12-8-15(9-12)10-14(3,4)5/h11-12H,6-10H2,1-5H3. The van der Waals surface area contributed by atoms with E-state index in [1.54, 1.807) is 0 Å². The van der Waals surface area contributed by atoms with Crippen LogP contribution in [0.15, 0.2) is 0 Å². The second-order valence-corrected chi connectivity index (χ2v) is 6.33. The zero-order valence-corrected chi connectivity index (χ0v) is 12.0. The van der Waals surface area contributed by atoms with Crippen molar-refractivity contribution in [2.24, 2.45) is 11.3 Å². The molecule has 0 saturated carbocycles. The van der Waals surface area contributed by atoms with Gasteiger partial charge >= 0.3 is 5.97 Å². The van der Waals surface area contributed by atoms with Crippen LogP contribution in [0.3, 0.4) is 0 Å². The van der Waals surface area contributed by atoms with Gasteiger partial charge in [-0.15, -0.1) is 0 Å². The highest BCUT2D eigenvalue weighted by Crippen LogP contribution is 2.22. The summed E-state index contributed by atoms with van der Waals surface area (Å²) in [5.74, 6) is 0.0853. The van der Waals surface area contributed by atoms with Gasteiger partial charge in [0.15, 0.2) is 0 Å². The van der Waals surface area contributed by atoms with Gasteiger partial charge in [0.25, 0.3) is 0 Å². The molecule has 0 aromatic rings. The fourth-order valence-electron chi connectivity index (χ4n) is 2.28. The highest BCUT2D eigenvalue weighted by Gasteiger charge is 2.33. The normalized spacial score (nSPS) is 18.2. The molecule has 17 heavy (non-hydrogen) atoms. The summed E-state index contributed by atoms with van der Waals surface area (Å²) in [6, 6.07) is 0. The molecule has 0 aromatic carbocycles. The SMILES string of the molecule is CCC(CC)C(=O)OC1CN(CC(C)(C)C)C1. The number of ether oxygens (including phenoxy) is 1. The van der Waals surface area contributed by atoms with E-state index in [1.807, 2.05) is 13.8 Å². The van der Waals surface area contributed by atoms with Crippen molar-refractivity contribution in [2.45, 2.75) is 53.6 Å². The third kappa shape index (κ3) is 4.66. The van der Waals surface area contributed by atoms with E-state index in [2.05, 4.69) is 25.7 Å². The molecule has 0 bridgehead atoms. The molecule has 0 atom stereocenters. The zero-order chi connectivity index (χ0) is 13.1. The molecule has 1 saturated heterocycles. The largest absolute Gasteiger partial charge is 0.459 e. The van der Waals surface area contributed by atoms with Crippen molar-refractivity contribution < 1.29 is 9.53 Å². The van der Waals surface area contributed by atoms with E-state index in [-0.39, 0.29) is 18.0 Å². The second-order valence-electron chi connectivity index (χ2n) is 6.33. The summed E-state index contributed by atoms with van der Waals surface area (Å²) in [7, 11) is 0. The Bertz CT molecular complexity index is 247. The summed E-state index contributed by atoms with van der Waals surface area (Å²) >= 11 is 0. The Morgan fingerprint density at radius 3 is 2.24 bits per heavy atom. The van der Waals surface area contributed by atoms with Gasteiger partial charge in [0.05, 0.1) is 5.92 Å². The minimum absolute atomic E-state index is 0.00425. The predicted molar refractivity (Wildman–Crippen MR) is 69.8 cm³/mol. The summed E-state index contributed by atoms with van der Waals surface area (Å²) in [4.78, 5) is 14.1. The number of hydrogen-bond donors (Lipinski definition) is 0. The van der Waals surface area contributed by atoms with Crippen molar-refractivity contribution in [3.05, 3.63) is 0 Å². The van der Waals surface area contributed by atoms with Gasteiger partial charge in [-0.3, -0.25) is 9.69 Å². The van der Waals surface area contributed by atoms with Gasteiger partial charge in [-0.05, 0) is 18.3 Å². The number of hydrogen-bond acceptors (Lipinski definition) is 3. The van der Waals surface area contributed by atoms with E-state index in [0.29, 0.717) is 5.41 Å². The first-order chi connectivity index (χ1) is 7.85. The first-order valence-electron chi connectivity index (χ1n) is 6.78. The fourth-order valence-corrected chi connectivity index (χ4v) is 2.28. The minimum atomic E-state index is -0.00425. The van der Waals surface area contributed by atoms with E-state index in [1.165, 1.54) is 0 Å². The lowest BCUT2D eigenvalue weighted by Crippen LogP contribution is -2.55. The van der Waals surface area contributed by atoms with Gasteiger partial charge in [-0.25, -0.2) is 0 Å². The Morgan fingerprint density at radius 2 is 1.82 bits per heavy atom. The van der Waals surface area contributed by atoms with Crippen LogP contribution in [0.1, 0.15) is 47.5 Å². The lowest BCUT2D eigenvalue weighted by atomic mass is 9.94. The molecular weight excluding hydrogens is 214 g/mol. The molecule has 0 aromatic heterocycles. The fraction of sp³-hybridized carbons (Fsp3) is 0.929. The molecule has 3 heteroatoms. The van der Waals surface area contributed by atoms with Crippen LogP contribution in [-0.2, 0) is 9.53 Å². The summed E-state index contributed by atoms with van der Waals surface area (Å²) in [5, 5.41) is 0. The van der Waals surface area contributed by atoms with Crippen LogP contribution >= 0.6 is 0 Å². The van der Waals surface area contributed by atoms with Crippen molar-refractivity contribution >= 4 is 5.97 Å². The van der Waals surface area contributed by atoms with Crippen molar-refractivity contribution in [3.63, 3.8) is 0 Å². The Kier molecular flexibility index (Phi) is 4.99. The molecule has 0 aliphatic carbocycles. The third-order valence-electron chi connectivity index (χ3n) is 3.22. The molecule has 3 nitrogen and oxygen atoms in total. The Hall–Kier alpha value is -0.570. The Morgan fingerprint density at radius 1 is 1.29 bits per heavy atom. The average molecular weight is 241 g/mol. The van der Waals surface area contributed by atoms with Crippen LogP contribution in [0.25, 0.3) is 0 Å². The number of carbonyl (C=O) groups excluding carboxylic acids is 1. The average Bonchev–Trinajstić information content (AvgIpc) is 2.14. The molecule has 1 heterocycles. The smallest absolute Gasteiger partial charge is 0.309 e. The van der Waals surface area contributed by atoms with E-state index in [9.17, 15) is 4.79 Å².